The van der Waals surface area contributed by atoms with E-state index >= 15 is 0 Å². The minimum Gasteiger partial charge on any atom is -0.497 e. The standard InChI is InChI=1S/C19H23ClN2O6S/c1-22(14-5-4-6-15(11-14)27-3)19(23)13-28-18-8-7-16(12-17(18)20)29(24,25)21-9-10-26-2/h4-8,11-12,21H,9-10,13H2,1-3H3. The van der Waals surface area contributed by atoms with Gasteiger partial charge >= 0.3 is 0 Å². The van der Waals surface area contributed by atoms with Gasteiger partial charge in [0.25, 0.3) is 5.91 Å². The summed E-state index contributed by atoms with van der Waals surface area (Å²) in [4.78, 5) is 13.8. The fraction of sp³-hybridized carbons (Fsp3) is 0.316. The van der Waals surface area contributed by atoms with E-state index in [-0.39, 0.29) is 41.3 Å². The van der Waals surface area contributed by atoms with Crippen LogP contribution in [0.4, 0.5) is 5.69 Å². The number of hydrogen-bond donors (Lipinski definition) is 1. The number of amides is 1. The largest absolute Gasteiger partial charge is 0.497 e. The summed E-state index contributed by atoms with van der Waals surface area (Å²) in [7, 11) is 0.919. The molecule has 1 amide bonds. The van der Waals surface area contributed by atoms with Gasteiger partial charge < -0.3 is 19.1 Å². The summed E-state index contributed by atoms with van der Waals surface area (Å²) in [6.45, 7) is 0.114. The van der Waals surface area contributed by atoms with Crippen molar-refractivity contribution in [1.29, 1.82) is 0 Å². The van der Waals surface area contributed by atoms with Crippen LogP contribution in [-0.4, -0.2) is 55.4 Å². The molecule has 10 heteroatoms. The highest BCUT2D eigenvalue weighted by Crippen LogP contribution is 2.27. The molecule has 0 heterocycles. The van der Waals surface area contributed by atoms with Crippen LogP contribution >= 0.6 is 11.6 Å². The summed E-state index contributed by atoms with van der Waals surface area (Å²) in [6.07, 6.45) is 0. The first-order valence-corrected chi connectivity index (χ1v) is 10.5. The number of nitrogens with zero attached hydrogens (tertiary/aromatic N) is 1. The molecule has 0 aliphatic carbocycles. The van der Waals surface area contributed by atoms with Crippen LogP contribution in [0.2, 0.25) is 5.02 Å². The second-order valence-corrected chi connectivity index (χ2v) is 8.10. The van der Waals surface area contributed by atoms with E-state index in [0.29, 0.717) is 11.4 Å². The van der Waals surface area contributed by atoms with Crippen LogP contribution in [0.3, 0.4) is 0 Å². The Balaban J connectivity index is 2.02. The molecule has 1 N–H and O–H groups in total. The summed E-state index contributed by atoms with van der Waals surface area (Å²) >= 11 is 6.13. The Morgan fingerprint density at radius 2 is 1.93 bits per heavy atom. The highest BCUT2D eigenvalue weighted by molar-refractivity contribution is 7.89. The van der Waals surface area contributed by atoms with E-state index in [2.05, 4.69) is 4.72 Å². The molecular formula is C19H23ClN2O6S. The Kier molecular flexibility index (Phi) is 8.27. The highest BCUT2D eigenvalue weighted by Gasteiger charge is 2.17. The Morgan fingerprint density at radius 1 is 1.17 bits per heavy atom. The summed E-state index contributed by atoms with van der Waals surface area (Å²) in [5, 5.41) is 0.0800. The highest BCUT2D eigenvalue weighted by atomic mass is 35.5. The lowest BCUT2D eigenvalue weighted by atomic mass is 10.3. The fourth-order valence-electron chi connectivity index (χ4n) is 2.33. The van der Waals surface area contributed by atoms with Gasteiger partial charge in [-0.2, -0.15) is 0 Å². The van der Waals surface area contributed by atoms with Gasteiger partial charge in [-0.25, -0.2) is 13.1 Å². The van der Waals surface area contributed by atoms with Crippen molar-refractivity contribution in [3.8, 4) is 11.5 Å². The van der Waals surface area contributed by atoms with Crippen LogP contribution in [-0.2, 0) is 19.6 Å². The van der Waals surface area contributed by atoms with Crippen molar-refractivity contribution in [1.82, 2.24) is 4.72 Å². The van der Waals surface area contributed by atoms with Crippen molar-refractivity contribution >= 4 is 33.2 Å². The summed E-state index contributed by atoms with van der Waals surface area (Å²) in [6, 6.07) is 11.1. The van der Waals surface area contributed by atoms with Gasteiger partial charge in [0.15, 0.2) is 6.61 Å². The van der Waals surface area contributed by atoms with Crippen LogP contribution in [0.1, 0.15) is 0 Å². The van der Waals surface area contributed by atoms with Gasteiger partial charge in [0.1, 0.15) is 11.5 Å². The Bertz CT molecular complexity index is 951. The number of methoxy groups -OCH3 is 2. The number of anilines is 1. The lowest BCUT2D eigenvalue weighted by molar-refractivity contribution is -0.120. The number of carbonyl (C=O) groups is 1. The zero-order valence-electron chi connectivity index (χ0n) is 16.3. The topological polar surface area (TPSA) is 94.2 Å². The average molecular weight is 443 g/mol. The van der Waals surface area contributed by atoms with Crippen molar-refractivity contribution in [3.05, 3.63) is 47.5 Å². The maximum Gasteiger partial charge on any atom is 0.264 e. The molecule has 2 aromatic carbocycles. The molecule has 2 rings (SSSR count). The van der Waals surface area contributed by atoms with Gasteiger partial charge in [0, 0.05) is 32.5 Å². The van der Waals surface area contributed by atoms with Crippen molar-refractivity contribution in [3.63, 3.8) is 0 Å². The fourth-order valence-corrected chi connectivity index (χ4v) is 3.67. The van der Waals surface area contributed by atoms with Crippen molar-refractivity contribution in [2.45, 2.75) is 4.90 Å². The minimum atomic E-state index is -3.72. The van der Waals surface area contributed by atoms with Gasteiger partial charge in [0.2, 0.25) is 10.0 Å². The van der Waals surface area contributed by atoms with Crippen LogP contribution in [0.5, 0.6) is 11.5 Å². The Labute approximate surface area is 175 Å². The van der Waals surface area contributed by atoms with Crippen molar-refractivity contribution in [2.24, 2.45) is 0 Å². The van der Waals surface area contributed by atoms with Gasteiger partial charge in [-0.15, -0.1) is 0 Å². The van der Waals surface area contributed by atoms with Gasteiger partial charge in [-0.3, -0.25) is 4.79 Å². The number of likely N-dealkylation sites (N-methyl/N-ethyl adjacent to an activating group) is 1. The normalized spacial score (nSPS) is 11.2. The molecule has 0 radical (unpaired) electrons. The molecule has 0 fully saturated rings. The third-order valence-corrected chi connectivity index (χ3v) is 5.73. The monoisotopic (exact) mass is 442 g/mol. The van der Waals surface area contributed by atoms with E-state index in [0.717, 1.165) is 0 Å². The summed E-state index contributed by atoms with van der Waals surface area (Å²) < 4.78 is 42.2. The smallest absolute Gasteiger partial charge is 0.264 e. The van der Waals surface area contributed by atoms with Gasteiger partial charge in [0.05, 0.1) is 23.6 Å². The lowest BCUT2D eigenvalue weighted by Gasteiger charge is -2.18. The Hall–Kier alpha value is -2.33. The SMILES string of the molecule is COCCNS(=O)(=O)c1ccc(OCC(=O)N(C)c2cccc(OC)c2)c(Cl)c1. The van der Waals surface area contributed by atoms with E-state index in [4.69, 9.17) is 25.8 Å². The van der Waals surface area contributed by atoms with Crippen LogP contribution in [0, 0.1) is 0 Å². The first kappa shape index (κ1) is 23.0. The second kappa shape index (κ2) is 10.4. The maximum absolute atomic E-state index is 12.4. The molecule has 158 valence electrons. The molecular weight excluding hydrogens is 420 g/mol. The number of hydrogen-bond acceptors (Lipinski definition) is 6. The molecule has 0 aromatic heterocycles. The van der Waals surface area contributed by atoms with Crippen LogP contribution in [0.25, 0.3) is 0 Å². The number of halogens is 1. The molecule has 0 saturated heterocycles. The van der Waals surface area contributed by atoms with Crippen LogP contribution in [0.15, 0.2) is 47.4 Å². The number of carbonyl (C=O) groups excluding carboxylic acids is 1. The van der Waals surface area contributed by atoms with Gasteiger partial charge in [-0.05, 0) is 30.3 Å². The predicted molar refractivity (Wildman–Crippen MR) is 110 cm³/mol. The number of ether oxygens (including phenoxy) is 3. The zero-order valence-corrected chi connectivity index (χ0v) is 17.9. The number of rotatable bonds is 10. The Morgan fingerprint density at radius 3 is 2.59 bits per heavy atom. The first-order chi connectivity index (χ1) is 13.8. The lowest BCUT2D eigenvalue weighted by Crippen LogP contribution is -2.31. The quantitative estimate of drug-likeness (QED) is 0.567. The van der Waals surface area contributed by atoms with E-state index in [1.54, 1.807) is 38.4 Å². The molecule has 0 spiro atoms. The number of benzene rings is 2. The van der Waals surface area contributed by atoms with E-state index in [1.807, 2.05) is 0 Å². The molecule has 0 unspecified atom stereocenters. The van der Waals surface area contributed by atoms with Gasteiger partial charge in [-0.1, -0.05) is 17.7 Å². The third-order valence-electron chi connectivity index (χ3n) is 3.98. The summed E-state index contributed by atoms with van der Waals surface area (Å²) in [5.74, 6) is 0.518. The summed E-state index contributed by atoms with van der Waals surface area (Å²) in [5.41, 5.74) is 0.646. The van der Waals surface area contributed by atoms with E-state index < -0.39 is 10.0 Å². The molecule has 0 aliphatic rings. The molecule has 0 bridgehead atoms. The predicted octanol–water partition coefficient (Wildman–Crippen LogP) is 2.32. The zero-order chi connectivity index (χ0) is 21.4. The first-order valence-electron chi connectivity index (χ1n) is 8.60. The molecule has 29 heavy (non-hydrogen) atoms. The molecule has 0 saturated carbocycles. The number of sulfonamides is 1. The molecule has 0 aliphatic heterocycles. The minimum absolute atomic E-state index is 0.00854. The maximum atomic E-state index is 12.4. The average Bonchev–Trinajstić information content (AvgIpc) is 2.72. The molecule has 8 nitrogen and oxygen atoms in total. The molecule has 0 atom stereocenters. The van der Waals surface area contributed by atoms with Crippen LogP contribution < -0.4 is 19.1 Å². The second-order valence-electron chi connectivity index (χ2n) is 5.93. The van der Waals surface area contributed by atoms with E-state index in [1.165, 1.54) is 30.2 Å². The third kappa shape index (κ3) is 6.33. The van der Waals surface area contributed by atoms with Crippen molar-refractivity contribution in [2.75, 3.05) is 45.9 Å². The number of nitrogens with one attached hydrogen (secondary N) is 1. The molecule has 2 aromatic rings. The van der Waals surface area contributed by atoms with E-state index in [9.17, 15) is 13.2 Å². The van der Waals surface area contributed by atoms with Crippen molar-refractivity contribution < 1.29 is 27.4 Å².